The second kappa shape index (κ2) is 9.34. The molecule has 9 nitrogen and oxygen atoms in total. The molecule has 2 rings (SSSR count). The predicted molar refractivity (Wildman–Crippen MR) is 107 cm³/mol. The molecule has 0 bridgehead atoms. The standard InChI is InChI=1S/C21H25NO8/c1-10-15(21(25)29-7)11(2)22-16(10)17(23)12(3)30-20(24)13-8-9-14(26-4)19(28-6)18(13)27-5/h8-9,12,22H,1-7H3/t12-/m0/s1. The number of esters is 2. The Balaban J connectivity index is 2.31. The fourth-order valence-electron chi connectivity index (χ4n) is 3.15. The summed E-state index contributed by atoms with van der Waals surface area (Å²) in [5, 5.41) is 0. The number of carbonyl (C=O) groups excluding carboxylic acids is 3. The Labute approximate surface area is 174 Å². The molecule has 0 amide bonds. The molecule has 0 aliphatic rings. The van der Waals surface area contributed by atoms with Gasteiger partial charge in [-0.25, -0.2) is 9.59 Å². The molecule has 0 fully saturated rings. The first-order valence-electron chi connectivity index (χ1n) is 9.03. The average Bonchev–Trinajstić information content (AvgIpc) is 3.04. The molecule has 0 saturated carbocycles. The predicted octanol–water partition coefficient (Wildman–Crippen LogP) is 2.87. The number of Topliss-reactive ketones (excluding diaryl/α,β-unsaturated/α-hetero) is 1. The van der Waals surface area contributed by atoms with Gasteiger partial charge in [0.1, 0.15) is 5.56 Å². The van der Waals surface area contributed by atoms with Crippen molar-refractivity contribution in [3.63, 3.8) is 0 Å². The minimum absolute atomic E-state index is 0.0736. The Morgan fingerprint density at radius 3 is 2.07 bits per heavy atom. The van der Waals surface area contributed by atoms with Crippen LogP contribution in [0, 0.1) is 13.8 Å². The fraction of sp³-hybridized carbons (Fsp3) is 0.381. The Morgan fingerprint density at radius 2 is 1.53 bits per heavy atom. The second-order valence-electron chi connectivity index (χ2n) is 6.41. The Bertz CT molecular complexity index is 976. The number of hydrogen-bond acceptors (Lipinski definition) is 8. The highest BCUT2D eigenvalue weighted by atomic mass is 16.6. The molecule has 30 heavy (non-hydrogen) atoms. The third-order valence-electron chi connectivity index (χ3n) is 4.65. The molecule has 9 heteroatoms. The molecule has 1 aromatic heterocycles. The van der Waals surface area contributed by atoms with E-state index < -0.39 is 23.8 Å². The molecule has 2 aromatic rings. The molecular formula is C21H25NO8. The van der Waals surface area contributed by atoms with Crippen LogP contribution in [0.2, 0.25) is 0 Å². The number of ketones is 1. The van der Waals surface area contributed by atoms with Crippen molar-refractivity contribution in [1.82, 2.24) is 4.98 Å². The minimum Gasteiger partial charge on any atom is -0.493 e. The van der Waals surface area contributed by atoms with Crippen molar-refractivity contribution in [3.05, 3.63) is 40.2 Å². The minimum atomic E-state index is -1.13. The van der Waals surface area contributed by atoms with Gasteiger partial charge in [-0.2, -0.15) is 0 Å². The van der Waals surface area contributed by atoms with E-state index in [1.807, 2.05) is 0 Å². The zero-order valence-electron chi connectivity index (χ0n) is 18.0. The maximum absolute atomic E-state index is 12.9. The lowest BCUT2D eigenvalue weighted by Gasteiger charge is -2.17. The summed E-state index contributed by atoms with van der Waals surface area (Å²) in [6, 6.07) is 2.99. The van der Waals surface area contributed by atoms with Gasteiger partial charge >= 0.3 is 11.9 Å². The van der Waals surface area contributed by atoms with E-state index in [2.05, 4.69) is 4.98 Å². The zero-order valence-corrected chi connectivity index (χ0v) is 18.0. The summed E-state index contributed by atoms with van der Waals surface area (Å²) in [5.74, 6) is -1.09. The van der Waals surface area contributed by atoms with E-state index in [1.54, 1.807) is 13.8 Å². The summed E-state index contributed by atoms with van der Waals surface area (Å²) in [7, 11) is 5.51. The fourth-order valence-corrected chi connectivity index (χ4v) is 3.15. The van der Waals surface area contributed by atoms with Crippen molar-refractivity contribution in [2.24, 2.45) is 0 Å². The van der Waals surface area contributed by atoms with Crippen LogP contribution >= 0.6 is 0 Å². The highest BCUT2D eigenvalue weighted by Crippen LogP contribution is 2.40. The summed E-state index contributed by atoms with van der Waals surface area (Å²) in [5.41, 5.74) is 1.44. The maximum Gasteiger partial charge on any atom is 0.342 e. The van der Waals surface area contributed by atoms with Gasteiger partial charge in [-0.05, 0) is 38.5 Å². The highest BCUT2D eigenvalue weighted by Gasteiger charge is 2.29. The first kappa shape index (κ1) is 22.8. The maximum atomic E-state index is 12.9. The van der Waals surface area contributed by atoms with Crippen molar-refractivity contribution in [3.8, 4) is 17.2 Å². The number of H-pyrrole nitrogens is 1. The molecule has 1 atom stereocenters. The van der Waals surface area contributed by atoms with E-state index in [0.29, 0.717) is 17.0 Å². The van der Waals surface area contributed by atoms with Crippen LogP contribution in [-0.4, -0.2) is 57.2 Å². The van der Waals surface area contributed by atoms with E-state index in [0.717, 1.165) is 0 Å². The van der Waals surface area contributed by atoms with Gasteiger partial charge in [-0.1, -0.05) is 0 Å². The number of aryl methyl sites for hydroxylation is 1. The van der Waals surface area contributed by atoms with Crippen LogP contribution in [0.3, 0.4) is 0 Å². The summed E-state index contributed by atoms with van der Waals surface area (Å²) < 4.78 is 25.8. The third kappa shape index (κ3) is 4.10. The van der Waals surface area contributed by atoms with E-state index in [9.17, 15) is 14.4 Å². The molecule has 0 aliphatic heterocycles. The van der Waals surface area contributed by atoms with Crippen molar-refractivity contribution < 1.29 is 38.1 Å². The largest absolute Gasteiger partial charge is 0.493 e. The molecule has 1 N–H and O–H groups in total. The number of benzene rings is 1. The third-order valence-corrected chi connectivity index (χ3v) is 4.65. The van der Waals surface area contributed by atoms with Crippen LogP contribution in [0.25, 0.3) is 0 Å². The molecule has 162 valence electrons. The van der Waals surface area contributed by atoms with E-state index in [-0.39, 0.29) is 28.3 Å². The van der Waals surface area contributed by atoms with Crippen molar-refractivity contribution in [1.29, 1.82) is 0 Å². The number of ether oxygens (including phenoxy) is 5. The topological polar surface area (TPSA) is 113 Å². The lowest BCUT2D eigenvalue weighted by Crippen LogP contribution is -2.25. The number of aromatic nitrogens is 1. The summed E-state index contributed by atoms with van der Waals surface area (Å²) >= 11 is 0. The Morgan fingerprint density at radius 1 is 0.900 bits per heavy atom. The van der Waals surface area contributed by atoms with Gasteiger partial charge in [0.2, 0.25) is 11.5 Å². The molecule has 0 radical (unpaired) electrons. The number of carbonyl (C=O) groups is 3. The second-order valence-corrected chi connectivity index (χ2v) is 6.41. The SMILES string of the molecule is COC(=O)c1c(C)[nH]c(C(=O)[C@H](C)OC(=O)c2ccc(OC)c(OC)c2OC)c1C. The van der Waals surface area contributed by atoms with Gasteiger partial charge in [-0.3, -0.25) is 4.79 Å². The van der Waals surface area contributed by atoms with E-state index in [4.69, 9.17) is 23.7 Å². The number of methoxy groups -OCH3 is 4. The molecule has 0 saturated heterocycles. The Hall–Kier alpha value is -3.49. The zero-order chi connectivity index (χ0) is 22.6. The van der Waals surface area contributed by atoms with Gasteiger partial charge in [0.25, 0.3) is 0 Å². The van der Waals surface area contributed by atoms with Gasteiger partial charge in [-0.15, -0.1) is 0 Å². The van der Waals surface area contributed by atoms with Crippen LogP contribution in [0.5, 0.6) is 17.2 Å². The summed E-state index contributed by atoms with van der Waals surface area (Å²) in [6.07, 6.45) is -1.13. The summed E-state index contributed by atoms with van der Waals surface area (Å²) in [6.45, 7) is 4.72. The number of nitrogens with one attached hydrogen (secondary N) is 1. The van der Waals surface area contributed by atoms with Crippen LogP contribution in [0.1, 0.15) is 49.4 Å². The van der Waals surface area contributed by atoms with E-state index in [1.165, 1.54) is 47.5 Å². The number of rotatable bonds is 8. The normalized spacial score (nSPS) is 11.4. The van der Waals surface area contributed by atoms with Gasteiger partial charge < -0.3 is 28.7 Å². The van der Waals surface area contributed by atoms with Crippen molar-refractivity contribution in [2.45, 2.75) is 26.9 Å². The monoisotopic (exact) mass is 419 g/mol. The van der Waals surface area contributed by atoms with Crippen LogP contribution in [0.4, 0.5) is 0 Å². The lowest BCUT2D eigenvalue weighted by atomic mass is 10.1. The molecular weight excluding hydrogens is 394 g/mol. The number of aromatic amines is 1. The molecule has 0 unspecified atom stereocenters. The lowest BCUT2D eigenvalue weighted by molar-refractivity contribution is 0.0313. The Kier molecular flexibility index (Phi) is 7.10. The van der Waals surface area contributed by atoms with Gasteiger partial charge in [0, 0.05) is 5.69 Å². The van der Waals surface area contributed by atoms with Crippen LogP contribution in [-0.2, 0) is 9.47 Å². The van der Waals surface area contributed by atoms with Gasteiger partial charge in [0.15, 0.2) is 17.6 Å². The smallest absolute Gasteiger partial charge is 0.342 e. The summed E-state index contributed by atoms with van der Waals surface area (Å²) in [4.78, 5) is 40.4. The molecule has 1 heterocycles. The van der Waals surface area contributed by atoms with Gasteiger partial charge in [0.05, 0.1) is 39.7 Å². The van der Waals surface area contributed by atoms with Crippen molar-refractivity contribution >= 4 is 17.7 Å². The van der Waals surface area contributed by atoms with Crippen LogP contribution < -0.4 is 14.2 Å². The molecule has 1 aromatic carbocycles. The molecule has 0 aliphatic carbocycles. The quantitative estimate of drug-likeness (QED) is 0.513. The molecule has 0 spiro atoms. The van der Waals surface area contributed by atoms with E-state index >= 15 is 0 Å². The first-order chi connectivity index (χ1) is 14.2. The first-order valence-corrected chi connectivity index (χ1v) is 9.03. The van der Waals surface area contributed by atoms with Crippen LogP contribution in [0.15, 0.2) is 12.1 Å². The van der Waals surface area contributed by atoms with Crippen molar-refractivity contribution in [2.75, 3.05) is 28.4 Å². The average molecular weight is 419 g/mol. The number of hydrogen-bond donors (Lipinski definition) is 1. The highest BCUT2D eigenvalue weighted by molar-refractivity contribution is 6.05.